The number of carboxylic acids is 1. The Labute approximate surface area is 117 Å². The Bertz CT molecular complexity index is 340. The minimum Gasteiger partial charge on any atom is -0.481 e. The van der Waals surface area contributed by atoms with Crippen LogP contribution in [0.3, 0.4) is 0 Å². The van der Waals surface area contributed by atoms with Gasteiger partial charge in [-0.1, -0.05) is 20.3 Å². The Hall–Kier alpha value is -0.570. The lowest BCUT2D eigenvalue weighted by molar-refractivity contribution is -0.151. The van der Waals surface area contributed by atoms with Gasteiger partial charge < -0.3 is 5.11 Å². The lowest BCUT2D eigenvalue weighted by Crippen LogP contribution is -2.49. The van der Waals surface area contributed by atoms with Crippen LogP contribution in [0.1, 0.15) is 65.7 Å². The maximum Gasteiger partial charge on any atom is 0.310 e. The highest BCUT2D eigenvalue weighted by molar-refractivity contribution is 5.74. The molecule has 110 valence electrons. The quantitative estimate of drug-likeness (QED) is 0.778. The van der Waals surface area contributed by atoms with Gasteiger partial charge in [-0.05, 0) is 57.4 Å². The maximum absolute atomic E-state index is 11.4. The van der Waals surface area contributed by atoms with E-state index in [0.29, 0.717) is 11.5 Å². The average molecular weight is 267 g/mol. The molecule has 0 radical (unpaired) electrons. The van der Waals surface area contributed by atoms with Crippen LogP contribution in [0.25, 0.3) is 0 Å². The molecule has 1 saturated heterocycles. The largest absolute Gasteiger partial charge is 0.481 e. The lowest BCUT2D eigenvalue weighted by atomic mass is 9.81. The Kier molecular flexibility index (Phi) is 4.24. The van der Waals surface area contributed by atoms with E-state index in [1.165, 1.54) is 32.1 Å². The van der Waals surface area contributed by atoms with E-state index in [0.717, 1.165) is 25.9 Å². The Balaban J connectivity index is 2.00. The lowest BCUT2D eigenvalue weighted by Gasteiger charge is -2.41. The van der Waals surface area contributed by atoms with Gasteiger partial charge in [-0.15, -0.1) is 0 Å². The number of likely N-dealkylation sites (tertiary alicyclic amines) is 1. The summed E-state index contributed by atoms with van der Waals surface area (Å²) in [4.78, 5) is 13.9. The van der Waals surface area contributed by atoms with Crippen molar-refractivity contribution in [2.45, 2.75) is 71.8 Å². The summed E-state index contributed by atoms with van der Waals surface area (Å²) in [5.41, 5.74) is -0.0549. The first-order valence-electron chi connectivity index (χ1n) is 7.80. The van der Waals surface area contributed by atoms with Crippen LogP contribution in [-0.2, 0) is 4.79 Å². The summed E-state index contributed by atoms with van der Waals surface area (Å²) in [6, 6.07) is 0.612. The molecular weight excluding hydrogens is 238 g/mol. The van der Waals surface area contributed by atoms with Crippen molar-refractivity contribution in [2.24, 2.45) is 10.8 Å². The summed E-state index contributed by atoms with van der Waals surface area (Å²) >= 11 is 0. The Morgan fingerprint density at radius 3 is 2.53 bits per heavy atom. The Morgan fingerprint density at radius 2 is 1.84 bits per heavy atom. The van der Waals surface area contributed by atoms with Crippen LogP contribution in [0, 0.1) is 10.8 Å². The van der Waals surface area contributed by atoms with Gasteiger partial charge in [-0.25, -0.2) is 0 Å². The van der Waals surface area contributed by atoms with Crippen molar-refractivity contribution >= 4 is 5.97 Å². The SMILES string of the molecule is CC1(C)CCCC(N2CCCC(C)(C(=O)O)C2)CC1. The molecule has 3 heteroatoms. The van der Waals surface area contributed by atoms with Crippen molar-refractivity contribution in [1.29, 1.82) is 0 Å². The van der Waals surface area contributed by atoms with Gasteiger partial charge in [0.2, 0.25) is 0 Å². The zero-order chi connectivity index (χ0) is 14.1. The zero-order valence-corrected chi connectivity index (χ0v) is 12.7. The molecule has 0 bridgehead atoms. The van der Waals surface area contributed by atoms with Crippen molar-refractivity contribution in [1.82, 2.24) is 4.90 Å². The standard InChI is InChI=1S/C16H29NO2/c1-15(2)8-4-6-13(7-10-15)17-11-5-9-16(3,12-17)14(18)19/h13H,4-12H2,1-3H3,(H,18,19). The number of piperidine rings is 1. The molecule has 0 aromatic heterocycles. The molecule has 1 saturated carbocycles. The van der Waals surface area contributed by atoms with E-state index >= 15 is 0 Å². The Morgan fingerprint density at radius 1 is 1.11 bits per heavy atom. The molecule has 1 aliphatic heterocycles. The summed E-state index contributed by atoms with van der Waals surface area (Å²) in [6.07, 6.45) is 8.23. The van der Waals surface area contributed by atoms with Gasteiger partial charge in [0.15, 0.2) is 0 Å². The summed E-state index contributed by atoms with van der Waals surface area (Å²) < 4.78 is 0. The van der Waals surface area contributed by atoms with E-state index in [9.17, 15) is 9.90 Å². The molecule has 3 nitrogen and oxygen atoms in total. The average Bonchev–Trinajstić information content (AvgIpc) is 2.50. The van der Waals surface area contributed by atoms with E-state index in [4.69, 9.17) is 0 Å². The van der Waals surface area contributed by atoms with Crippen LogP contribution in [-0.4, -0.2) is 35.1 Å². The molecule has 0 amide bonds. The van der Waals surface area contributed by atoms with Crippen LogP contribution < -0.4 is 0 Å². The second kappa shape index (κ2) is 5.43. The predicted molar refractivity (Wildman–Crippen MR) is 77.2 cm³/mol. The fourth-order valence-electron chi connectivity index (χ4n) is 3.77. The van der Waals surface area contributed by atoms with E-state index in [-0.39, 0.29) is 0 Å². The molecule has 2 rings (SSSR count). The second-order valence-electron chi connectivity index (χ2n) is 7.69. The van der Waals surface area contributed by atoms with Gasteiger partial charge in [-0.3, -0.25) is 9.69 Å². The number of carbonyl (C=O) groups is 1. The molecule has 2 unspecified atom stereocenters. The van der Waals surface area contributed by atoms with Crippen molar-refractivity contribution in [3.8, 4) is 0 Å². The first kappa shape index (κ1) is 14.8. The van der Waals surface area contributed by atoms with E-state index in [1.807, 2.05) is 6.92 Å². The van der Waals surface area contributed by atoms with Crippen molar-refractivity contribution in [3.63, 3.8) is 0 Å². The van der Waals surface area contributed by atoms with E-state index in [2.05, 4.69) is 18.7 Å². The second-order valence-corrected chi connectivity index (χ2v) is 7.69. The first-order valence-corrected chi connectivity index (χ1v) is 7.80. The van der Waals surface area contributed by atoms with E-state index in [1.54, 1.807) is 0 Å². The third kappa shape index (κ3) is 3.50. The monoisotopic (exact) mass is 267 g/mol. The molecule has 1 N–H and O–H groups in total. The smallest absolute Gasteiger partial charge is 0.310 e. The number of hydrogen-bond acceptors (Lipinski definition) is 2. The first-order chi connectivity index (χ1) is 8.82. The molecule has 19 heavy (non-hydrogen) atoms. The van der Waals surface area contributed by atoms with Gasteiger partial charge in [0.1, 0.15) is 0 Å². The molecular formula is C16H29NO2. The van der Waals surface area contributed by atoms with Crippen molar-refractivity contribution in [2.75, 3.05) is 13.1 Å². The van der Waals surface area contributed by atoms with Gasteiger partial charge in [0.25, 0.3) is 0 Å². The van der Waals surface area contributed by atoms with Crippen LogP contribution in [0.5, 0.6) is 0 Å². The molecule has 2 atom stereocenters. The zero-order valence-electron chi connectivity index (χ0n) is 12.7. The minimum atomic E-state index is -0.619. The molecule has 1 aliphatic carbocycles. The van der Waals surface area contributed by atoms with Crippen LogP contribution in [0.15, 0.2) is 0 Å². The highest BCUT2D eigenvalue weighted by atomic mass is 16.4. The van der Waals surface area contributed by atoms with Crippen molar-refractivity contribution in [3.05, 3.63) is 0 Å². The van der Waals surface area contributed by atoms with Gasteiger partial charge in [0.05, 0.1) is 5.41 Å². The number of rotatable bonds is 2. The van der Waals surface area contributed by atoms with Crippen LogP contribution in [0.2, 0.25) is 0 Å². The molecule has 0 spiro atoms. The molecule has 0 aromatic carbocycles. The van der Waals surface area contributed by atoms with Crippen LogP contribution in [0.4, 0.5) is 0 Å². The van der Waals surface area contributed by atoms with E-state index < -0.39 is 11.4 Å². The van der Waals surface area contributed by atoms with Crippen LogP contribution >= 0.6 is 0 Å². The van der Waals surface area contributed by atoms with Gasteiger partial charge >= 0.3 is 5.97 Å². The highest BCUT2D eigenvalue weighted by Crippen LogP contribution is 2.38. The number of nitrogens with zero attached hydrogens (tertiary/aromatic N) is 1. The molecule has 2 fully saturated rings. The summed E-state index contributed by atoms with van der Waals surface area (Å²) in [5, 5.41) is 9.43. The third-order valence-corrected chi connectivity index (χ3v) is 5.30. The predicted octanol–water partition coefficient (Wildman–Crippen LogP) is 3.53. The molecule has 0 aromatic rings. The fourth-order valence-corrected chi connectivity index (χ4v) is 3.77. The number of hydrogen-bond donors (Lipinski definition) is 1. The van der Waals surface area contributed by atoms with Gasteiger partial charge in [0, 0.05) is 12.6 Å². The molecule has 1 heterocycles. The van der Waals surface area contributed by atoms with Crippen molar-refractivity contribution < 1.29 is 9.90 Å². The number of carboxylic acid groups (broad SMARTS) is 1. The molecule has 2 aliphatic rings. The maximum atomic E-state index is 11.4. The summed E-state index contributed by atoms with van der Waals surface area (Å²) in [5.74, 6) is -0.619. The van der Waals surface area contributed by atoms with Gasteiger partial charge in [-0.2, -0.15) is 0 Å². The third-order valence-electron chi connectivity index (χ3n) is 5.30. The topological polar surface area (TPSA) is 40.5 Å². The summed E-state index contributed by atoms with van der Waals surface area (Å²) in [6.45, 7) is 8.49. The number of aliphatic carboxylic acids is 1. The fraction of sp³-hybridized carbons (Fsp3) is 0.938. The summed E-state index contributed by atoms with van der Waals surface area (Å²) in [7, 11) is 0. The normalized spacial score (nSPS) is 36.7. The highest BCUT2D eigenvalue weighted by Gasteiger charge is 2.40. The minimum absolute atomic E-state index is 0.473.